The maximum atomic E-state index is 14.0. The second kappa shape index (κ2) is 9.85. The molecule has 0 aromatic heterocycles. The second-order valence-corrected chi connectivity index (χ2v) is 9.46. The lowest BCUT2D eigenvalue weighted by atomic mass is 9.75. The fourth-order valence-electron chi connectivity index (χ4n) is 5.03. The van der Waals surface area contributed by atoms with Crippen molar-refractivity contribution in [3.8, 4) is 0 Å². The van der Waals surface area contributed by atoms with Crippen LogP contribution in [-0.4, -0.2) is 45.9 Å². The molecule has 38 heavy (non-hydrogen) atoms. The zero-order valence-electron chi connectivity index (χ0n) is 21.6. The summed E-state index contributed by atoms with van der Waals surface area (Å²) in [7, 11) is 1.41. The van der Waals surface area contributed by atoms with Gasteiger partial charge < -0.3 is 26.0 Å². The molecule has 0 bridgehead atoms. The van der Waals surface area contributed by atoms with Crippen LogP contribution in [0.15, 0.2) is 30.3 Å². The standard InChI is InChI=1S/C29H28N2O7/c1-12-6-7-16(8-13(12)2)31-27(34)18-10-22(29(37)38)20-11-19-21(28(35)36)9-17(26(33)30-5)14(3)23(19)25(32)24(20)15(18)4/h6-10,28,35-36H,11H2,1-5H3,(H,30,33)(H,31,34)(H,37,38). The highest BCUT2D eigenvalue weighted by Crippen LogP contribution is 2.39. The highest BCUT2D eigenvalue weighted by molar-refractivity contribution is 6.19. The minimum atomic E-state index is -2.00. The third-order valence-corrected chi connectivity index (χ3v) is 7.22. The minimum Gasteiger partial charge on any atom is -0.478 e. The number of carboxylic acids is 1. The molecule has 9 nitrogen and oxygen atoms in total. The Morgan fingerprint density at radius 2 is 1.42 bits per heavy atom. The average molecular weight is 517 g/mol. The van der Waals surface area contributed by atoms with E-state index in [1.165, 1.54) is 19.2 Å². The Kier molecular flexibility index (Phi) is 6.92. The summed E-state index contributed by atoms with van der Waals surface area (Å²) in [5, 5.41) is 35.4. The van der Waals surface area contributed by atoms with Gasteiger partial charge in [0.25, 0.3) is 11.8 Å². The normalized spacial score (nSPS) is 12.2. The summed E-state index contributed by atoms with van der Waals surface area (Å²) in [6.45, 7) is 6.99. The number of aryl methyl sites for hydroxylation is 2. The maximum absolute atomic E-state index is 14.0. The first-order valence-corrected chi connectivity index (χ1v) is 11.9. The van der Waals surface area contributed by atoms with Crippen LogP contribution in [0.2, 0.25) is 0 Å². The van der Waals surface area contributed by atoms with Crippen LogP contribution in [0, 0.1) is 27.7 Å². The topological polar surface area (TPSA) is 153 Å². The summed E-state index contributed by atoms with van der Waals surface area (Å²) in [5.74, 6) is -3.01. The number of carbonyl (C=O) groups is 4. The molecule has 0 fully saturated rings. The summed E-state index contributed by atoms with van der Waals surface area (Å²) in [6.07, 6.45) is -2.10. The molecule has 0 spiro atoms. The molecule has 0 unspecified atom stereocenters. The number of anilines is 1. The van der Waals surface area contributed by atoms with Gasteiger partial charge in [0.1, 0.15) is 0 Å². The first-order valence-electron chi connectivity index (χ1n) is 11.9. The van der Waals surface area contributed by atoms with Crippen LogP contribution in [0.5, 0.6) is 0 Å². The SMILES string of the molecule is CNC(=O)c1cc(C(O)O)c2c(c1C)C(=O)c1c(C)c(C(=O)Nc3ccc(C)c(C)c3)cc(C(=O)O)c1C2. The molecular formula is C29H28N2O7. The molecule has 0 aliphatic heterocycles. The maximum Gasteiger partial charge on any atom is 0.336 e. The van der Waals surface area contributed by atoms with Crippen molar-refractivity contribution in [3.63, 3.8) is 0 Å². The molecule has 196 valence electrons. The molecule has 0 radical (unpaired) electrons. The Bertz CT molecular complexity index is 1550. The van der Waals surface area contributed by atoms with Gasteiger partial charge in [-0.1, -0.05) is 6.07 Å². The number of hydrogen-bond donors (Lipinski definition) is 5. The van der Waals surface area contributed by atoms with Crippen LogP contribution in [-0.2, 0) is 6.42 Å². The van der Waals surface area contributed by atoms with Crippen LogP contribution < -0.4 is 10.6 Å². The first kappa shape index (κ1) is 26.7. The summed E-state index contributed by atoms with van der Waals surface area (Å²) in [4.78, 5) is 52.1. The molecule has 0 saturated heterocycles. The van der Waals surface area contributed by atoms with Crippen molar-refractivity contribution in [2.75, 3.05) is 12.4 Å². The number of nitrogens with one attached hydrogen (secondary N) is 2. The van der Waals surface area contributed by atoms with Crippen molar-refractivity contribution < 1.29 is 34.5 Å². The van der Waals surface area contributed by atoms with Crippen molar-refractivity contribution in [3.05, 3.63) is 97.1 Å². The molecule has 1 aliphatic carbocycles. The van der Waals surface area contributed by atoms with Gasteiger partial charge in [0.15, 0.2) is 12.1 Å². The Morgan fingerprint density at radius 3 is 1.97 bits per heavy atom. The van der Waals surface area contributed by atoms with Gasteiger partial charge >= 0.3 is 5.97 Å². The number of carboxylic acid groups (broad SMARTS) is 1. The smallest absolute Gasteiger partial charge is 0.336 e. The van der Waals surface area contributed by atoms with E-state index in [0.29, 0.717) is 11.3 Å². The summed E-state index contributed by atoms with van der Waals surface area (Å²) >= 11 is 0. The van der Waals surface area contributed by atoms with Crippen LogP contribution in [0.3, 0.4) is 0 Å². The molecule has 3 aromatic carbocycles. The summed E-state index contributed by atoms with van der Waals surface area (Å²) < 4.78 is 0. The molecule has 0 saturated carbocycles. The largest absolute Gasteiger partial charge is 0.478 e. The van der Waals surface area contributed by atoms with Crippen LogP contribution in [0.4, 0.5) is 5.69 Å². The van der Waals surface area contributed by atoms with Gasteiger partial charge in [-0.25, -0.2) is 4.79 Å². The zero-order chi connectivity index (χ0) is 28.0. The quantitative estimate of drug-likeness (QED) is 0.255. The molecule has 0 heterocycles. The molecular weight excluding hydrogens is 488 g/mol. The van der Waals surface area contributed by atoms with Gasteiger partial charge in [-0.2, -0.15) is 0 Å². The fourth-order valence-corrected chi connectivity index (χ4v) is 5.03. The minimum absolute atomic E-state index is 0.0266. The number of aliphatic hydroxyl groups excluding tert-OH is 1. The molecule has 3 aromatic rings. The zero-order valence-corrected chi connectivity index (χ0v) is 21.6. The second-order valence-electron chi connectivity index (χ2n) is 9.46. The van der Waals surface area contributed by atoms with E-state index in [4.69, 9.17) is 0 Å². The van der Waals surface area contributed by atoms with Crippen LogP contribution in [0.1, 0.15) is 92.2 Å². The predicted octanol–water partition coefficient (Wildman–Crippen LogP) is 3.35. The van der Waals surface area contributed by atoms with E-state index in [9.17, 15) is 34.5 Å². The molecule has 2 amide bonds. The number of benzene rings is 3. The number of aromatic carboxylic acids is 1. The van der Waals surface area contributed by atoms with Crippen LogP contribution >= 0.6 is 0 Å². The van der Waals surface area contributed by atoms with E-state index in [2.05, 4.69) is 10.6 Å². The monoisotopic (exact) mass is 516 g/mol. The van der Waals surface area contributed by atoms with E-state index in [-0.39, 0.29) is 56.5 Å². The van der Waals surface area contributed by atoms with E-state index in [1.54, 1.807) is 26.0 Å². The van der Waals surface area contributed by atoms with E-state index in [0.717, 1.165) is 11.1 Å². The Balaban J connectivity index is 1.93. The van der Waals surface area contributed by atoms with Gasteiger partial charge in [-0.3, -0.25) is 14.4 Å². The Labute approximate surface area is 219 Å². The van der Waals surface area contributed by atoms with Gasteiger partial charge in [0.05, 0.1) is 5.56 Å². The number of ketones is 1. The van der Waals surface area contributed by atoms with E-state index >= 15 is 0 Å². The lowest BCUT2D eigenvalue weighted by Gasteiger charge is -2.28. The average Bonchev–Trinajstić information content (AvgIpc) is 2.85. The lowest BCUT2D eigenvalue weighted by Crippen LogP contribution is -2.28. The van der Waals surface area contributed by atoms with Gasteiger partial charge in [0, 0.05) is 47.0 Å². The summed E-state index contributed by atoms with van der Waals surface area (Å²) in [5.41, 5.74) is 3.51. The van der Waals surface area contributed by atoms with Crippen molar-refractivity contribution in [1.29, 1.82) is 0 Å². The molecule has 9 heteroatoms. The molecule has 0 atom stereocenters. The van der Waals surface area contributed by atoms with Crippen molar-refractivity contribution in [2.24, 2.45) is 0 Å². The van der Waals surface area contributed by atoms with E-state index in [1.807, 2.05) is 19.9 Å². The number of aliphatic hydroxyl groups is 2. The Morgan fingerprint density at radius 1 is 0.816 bits per heavy atom. The van der Waals surface area contributed by atoms with Crippen LogP contribution in [0.25, 0.3) is 0 Å². The van der Waals surface area contributed by atoms with Crippen molar-refractivity contribution >= 4 is 29.3 Å². The number of carbonyl (C=O) groups excluding carboxylic acids is 3. The van der Waals surface area contributed by atoms with Gasteiger partial charge in [0.2, 0.25) is 0 Å². The number of fused-ring (bicyclic) bond motifs is 2. The van der Waals surface area contributed by atoms with Crippen molar-refractivity contribution in [2.45, 2.75) is 40.4 Å². The third-order valence-electron chi connectivity index (χ3n) is 7.22. The molecule has 1 aliphatic rings. The lowest BCUT2D eigenvalue weighted by molar-refractivity contribution is -0.0431. The number of rotatable bonds is 5. The fraction of sp³-hybridized carbons (Fsp3) is 0.241. The number of amides is 2. The van der Waals surface area contributed by atoms with Gasteiger partial charge in [-0.05, 0) is 85.3 Å². The number of hydrogen-bond acceptors (Lipinski definition) is 6. The molecule has 5 N–H and O–H groups in total. The van der Waals surface area contributed by atoms with Gasteiger partial charge in [-0.15, -0.1) is 0 Å². The molecule has 4 rings (SSSR count). The van der Waals surface area contributed by atoms with E-state index < -0.39 is 29.9 Å². The Hall–Kier alpha value is -4.34. The predicted molar refractivity (Wildman–Crippen MR) is 140 cm³/mol. The highest BCUT2D eigenvalue weighted by Gasteiger charge is 2.36. The third kappa shape index (κ3) is 4.36. The summed E-state index contributed by atoms with van der Waals surface area (Å²) in [6, 6.07) is 7.93. The highest BCUT2D eigenvalue weighted by atomic mass is 16.5. The first-order chi connectivity index (χ1) is 17.9. The van der Waals surface area contributed by atoms with Crippen molar-refractivity contribution in [1.82, 2.24) is 5.32 Å².